The number of ether oxygens (including phenoxy) is 1. The van der Waals surface area contributed by atoms with Gasteiger partial charge in [0, 0.05) is 26.3 Å². The average molecular weight is 295 g/mol. The molecule has 0 saturated carbocycles. The Bertz CT molecular complexity index is 577. The van der Waals surface area contributed by atoms with Gasteiger partial charge in [-0.3, -0.25) is 10.1 Å². The number of carboxylic acid groups (broad SMARTS) is 1. The van der Waals surface area contributed by atoms with Crippen LogP contribution in [0.15, 0.2) is 12.3 Å². The van der Waals surface area contributed by atoms with E-state index in [1.807, 2.05) is 11.8 Å². The molecule has 8 nitrogen and oxygen atoms in total. The number of hydrogen-bond acceptors (Lipinski definition) is 6. The zero-order valence-corrected chi connectivity index (χ0v) is 11.9. The van der Waals surface area contributed by atoms with Gasteiger partial charge in [-0.15, -0.1) is 0 Å². The molecule has 1 aromatic heterocycles. The van der Waals surface area contributed by atoms with Crippen molar-refractivity contribution in [2.24, 2.45) is 0 Å². The lowest BCUT2D eigenvalue weighted by molar-refractivity contribution is -0.385. The first-order valence-corrected chi connectivity index (χ1v) is 6.54. The normalized spacial score (nSPS) is 22.1. The van der Waals surface area contributed by atoms with E-state index in [4.69, 9.17) is 9.84 Å². The van der Waals surface area contributed by atoms with E-state index >= 15 is 0 Å². The summed E-state index contributed by atoms with van der Waals surface area (Å²) in [5.41, 5.74) is -1.18. The van der Waals surface area contributed by atoms with Gasteiger partial charge in [-0.05, 0) is 19.8 Å². The molecule has 0 radical (unpaired) electrons. The predicted molar refractivity (Wildman–Crippen MR) is 74.7 cm³/mol. The molecule has 0 amide bonds. The number of aromatic carboxylic acids is 1. The third-order valence-electron chi connectivity index (χ3n) is 3.77. The smallest absolute Gasteiger partial charge is 0.342 e. The molecule has 114 valence electrons. The van der Waals surface area contributed by atoms with Crippen molar-refractivity contribution >= 4 is 17.5 Å². The summed E-state index contributed by atoms with van der Waals surface area (Å²) in [6.45, 7) is 3.25. The van der Waals surface area contributed by atoms with Crippen LogP contribution in [-0.4, -0.2) is 46.8 Å². The third kappa shape index (κ3) is 3.10. The van der Waals surface area contributed by atoms with E-state index in [1.165, 1.54) is 6.07 Å². The van der Waals surface area contributed by atoms with Crippen LogP contribution in [0.2, 0.25) is 0 Å². The standard InChI is InChI=1S/C13H17N3O5/c1-13(21-2)4-3-5-15(8-13)11-6-9(12(17)18)10(7-14-11)16(19)20/h6-7H,3-5,8H2,1-2H3,(H,17,18). The molecule has 0 bridgehead atoms. The zero-order chi connectivity index (χ0) is 15.6. The molecular weight excluding hydrogens is 278 g/mol. The number of carboxylic acids is 1. The lowest BCUT2D eigenvalue weighted by Gasteiger charge is -2.40. The first-order valence-electron chi connectivity index (χ1n) is 6.54. The largest absolute Gasteiger partial charge is 0.477 e. The molecule has 2 heterocycles. The van der Waals surface area contributed by atoms with Crippen LogP contribution in [0.3, 0.4) is 0 Å². The van der Waals surface area contributed by atoms with E-state index in [9.17, 15) is 14.9 Å². The molecule has 0 aromatic carbocycles. The van der Waals surface area contributed by atoms with Gasteiger partial charge in [-0.1, -0.05) is 0 Å². The number of anilines is 1. The van der Waals surface area contributed by atoms with Gasteiger partial charge in [0.2, 0.25) is 0 Å². The van der Waals surface area contributed by atoms with E-state index in [-0.39, 0.29) is 11.2 Å². The maximum atomic E-state index is 11.2. The van der Waals surface area contributed by atoms with E-state index in [1.54, 1.807) is 7.11 Å². The zero-order valence-electron chi connectivity index (χ0n) is 11.9. The van der Waals surface area contributed by atoms with Gasteiger partial charge < -0.3 is 14.7 Å². The highest BCUT2D eigenvalue weighted by Gasteiger charge is 2.32. The fourth-order valence-electron chi connectivity index (χ4n) is 2.49. The number of nitro groups is 1. The molecule has 0 spiro atoms. The molecule has 1 saturated heterocycles. The van der Waals surface area contributed by atoms with Gasteiger partial charge >= 0.3 is 11.7 Å². The molecule has 1 aliphatic rings. The highest BCUT2D eigenvalue weighted by Crippen LogP contribution is 2.29. The van der Waals surface area contributed by atoms with Gasteiger partial charge in [-0.25, -0.2) is 9.78 Å². The molecule has 21 heavy (non-hydrogen) atoms. The Balaban J connectivity index is 2.34. The van der Waals surface area contributed by atoms with E-state index < -0.39 is 16.6 Å². The van der Waals surface area contributed by atoms with Crippen LogP contribution >= 0.6 is 0 Å². The van der Waals surface area contributed by atoms with Crippen molar-refractivity contribution < 1.29 is 19.6 Å². The number of hydrogen-bond donors (Lipinski definition) is 1. The Labute approximate surface area is 121 Å². The number of pyridine rings is 1. The maximum Gasteiger partial charge on any atom is 0.342 e. The fourth-order valence-corrected chi connectivity index (χ4v) is 2.49. The van der Waals surface area contributed by atoms with Crippen molar-refractivity contribution in [3.63, 3.8) is 0 Å². The van der Waals surface area contributed by atoms with Crippen molar-refractivity contribution in [2.75, 3.05) is 25.1 Å². The summed E-state index contributed by atoms with van der Waals surface area (Å²) in [6.07, 6.45) is 2.78. The first-order chi connectivity index (χ1) is 9.86. The van der Waals surface area contributed by atoms with Gasteiger partial charge in [0.15, 0.2) is 0 Å². The summed E-state index contributed by atoms with van der Waals surface area (Å²) in [5.74, 6) is -0.919. The molecule has 1 aromatic rings. The number of piperidine rings is 1. The van der Waals surface area contributed by atoms with Crippen molar-refractivity contribution in [3.8, 4) is 0 Å². The van der Waals surface area contributed by atoms with Crippen molar-refractivity contribution in [3.05, 3.63) is 27.9 Å². The molecule has 1 atom stereocenters. The summed E-state index contributed by atoms with van der Waals surface area (Å²) >= 11 is 0. The Morgan fingerprint density at radius 2 is 2.33 bits per heavy atom. The Morgan fingerprint density at radius 1 is 1.62 bits per heavy atom. The van der Waals surface area contributed by atoms with Crippen LogP contribution in [0.1, 0.15) is 30.1 Å². The number of aromatic nitrogens is 1. The van der Waals surface area contributed by atoms with Crippen molar-refractivity contribution in [2.45, 2.75) is 25.4 Å². The summed E-state index contributed by atoms with van der Waals surface area (Å²) in [6, 6.07) is 1.25. The second-order valence-electron chi connectivity index (χ2n) is 5.30. The highest BCUT2D eigenvalue weighted by atomic mass is 16.6. The number of rotatable bonds is 4. The highest BCUT2D eigenvalue weighted by molar-refractivity contribution is 5.93. The molecule has 1 fully saturated rings. The molecule has 1 aliphatic heterocycles. The van der Waals surface area contributed by atoms with Crippen LogP contribution in [0, 0.1) is 10.1 Å². The van der Waals surface area contributed by atoms with E-state index in [2.05, 4.69) is 4.98 Å². The number of nitrogens with zero attached hydrogens (tertiary/aromatic N) is 3. The Hall–Kier alpha value is -2.22. The fraction of sp³-hybridized carbons (Fsp3) is 0.538. The second kappa shape index (κ2) is 5.65. The minimum Gasteiger partial charge on any atom is -0.477 e. The van der Waals surface area contributed by atoms with Gasteiger partial charge in [0.05, 0.1) is 10.5 Å². The summed E-state index contributed by atoms with van der Waals surface area (Å²) in [4.78, 5) is 27.2. The quantitative estimate of drug-likeness (QED) is 0.665. The Morgan fingerprint density at radius 3 is 2.90 bits per heavy atom. The number of carbonyl (C=O) groups is 1. The van der Waals surface area contributed by atoms with E-state index in [0.717, 1.165) is 19.0 Å². The predicted octanol–water partition coefficient (Wildman–Crippen LogP) is 1.69. The lowest BCUT2D eigenvalue weighted by Crippen LogP contribution is -2.47. The minimum absolute atomic E-state index is 0.328. The van der Waals surface area contributed by atoms with Crippen LogP contribution in [0.5, 0.6) is 0 Å². The monoisotopic (exact) mass is 295 g/mol. The molecule has 1 N–H and O–H groups in total. The maximum absolute atomic E-state index is 11.2. The van der Waals surface area contributed by atoms with Crippen LogP contribution in [-0.2, 0) is 4.74 Å². The first kappa shape index (κ1) is 15.2. The molecular formula is C13H17N3O5. The number of methoxy groups -OCH3 is 1. The molecule has 1 unspecified atom stereocenters. The molecule has 0 aliphatic carbocycles. The lowest BCUT2D eigenvalue weighted by atomic mass is 9.94. The molecule has 8 heteroatoms. The van der Waals surface area contributed by atoms with Crippen molar-refractivity contribution in [1.82, 2.24) is 4.98 Å². The van der Waals surface area contributed by atoms with Crippen LogP contribution < -0.4 is 4.90 Å². The van der Waals surface area contributed by atoms with Crippen LogP contribution in [0.25, 0.3) is 0 Å². The summed E-state index contributed by atoms with van der Waals surface area (Å²) in [7, 11) is 1.63. The minimum atomic E-state index is -1.34. The van der Waals surface area contributed by atoms with Gasteiger partial charge in [-0.2, -0.15) is 0 Å². The SMILES string of the molecule is COC1(C)CCCN(c2cc(C(=O)O)c([N+](=O)[O-])cn2)C1. The average Bonchev–Trinajstić information content (AvgIpc) is 2.46. The summed E-state index contributed by atoms with van der Waals surface area (Å²) in [5, 5.41) is 19.9. The van der Waals surface area contributed by atoms with Crippen LogP contribution in [0.4, 0.5) is 11.5 Å². The second-order valence-corrected chi connectivity index (χ2v) is 5.30. The Kier molecular flexibility index (Phi) is 4.08. The molecule has 2 rings (SSSR count). The third-order valence-corrected chi connectivity index (χ3v) is 3.77. The van der Waals surface area contributed by atoms with E-state index in [0.29, 0.717) is 18.9 Å². The topological polar surface area (TPSA) is 106 Å². The van der Waals surface area contributed by atoms with Gasteiger partial charge in [0.1, 0.15) is 17.6 Å². The van der Waals surface area contributed by atoms with Crippen molar-refractivity contribution in [1.29, 1.82) is 0 Å². The summed E-state index contributed by atoms with van der Waals surface area (Å²) < 4.78 is 5.48. The van der Waals surface area contributed by atoms with Gasteiger partial charge in [0.25, 0.3) is 0 Å².